The molecule has 3 aromatic rings. The van der Waals surface area contributed by atoms with Gasteiger partial charge in [-0.3, -0.25) is 14.5 Å². The molecule has 0 radical (unpaired) electrons. The molecule has 156 valence electrons. The minimum absolute atomic E-state index is 0.0117. The van der Waals surface area contributed by atoms with Crippen molar-refractivity contribution in [2.45, 2.75) is 6.54 Å². The molecule has 1 aromatic heterocycles. The van der Waals surface area contributed by atoms with E-state index in [9.17, 15) is 14.4 Å². The molecule has 31 heavy (non-hydrogen) atoms. The molecule has 0 spiro atoms. The number of ether oxygens (including phenoxy) is 1. The van der Waals surface area contributed by atoms with Gasteiger partial charge in [-0.05, 0) is 59.8 Å². The zero-order chi connectivity index (χ0) is 22.0. The van der Waals surface area contributed by atoms with Crippen LogP contribution in [0, 0.1) is 0 Å². The van der Waals surface area contributed by atoms with Crippen LogP contribution in [0.3, 0.4) is 0 Å². The smallest absolute Gasteiger partial charge is 0.379 e. The van der Waals surface area contributed by atoms with Gasteiger partial charge in [-0.15, -0.1) is 0 Å². The van der Waals surface area contributed by atoms with Gasteiger partial charge in [0.15, 0.2) is 0 Å². The van der Waals surface area contributed by atoms with Gasteiger partial charge in [0.2, 0.25) is 5.76 Å². The molecule has 2 aromatic carbocycles. The Bertz CT molecular complexity index is 1170. The topological polar surface area (TPSA) is 76.8 Å². The number of esters is 1. The minimum atomic E-state index is -0.614. The van der Waals surface area contributed by atoms with Crippen molar-refractivity contribution in [3.63, 3.8) is 0 Å². The van der Waals surface area contributed by atoms with E-state index in [1.54, 1.807) is 54.6 Å². The highest BCUT2D eigenvalue weighted by atomic mass is 35.5. The molecule has 0 aliphatic carbocycles. The van der Waals surface area contributed by atoms with Gasteiger partial charge >= 0.3 is 5.97 Å². The maximum atomic E-state index is 12.7. The largest absolute Gasteiger partial charge is 0.457 e. The predicted octanol–water partition coefficient (Wildman–Crippen LogP) is 6.04. The monoisotopic (exact) mass is 473 g/mol. The Labute approximate surface area is 191 Å². The number of hydrogen-bond donors (Lipinski definition) is 0. The molecule has 4 rings (SSSR count). The predicted molar refractivity (Wildman–Crippen MR) is 118 cm³/mol. The summed E-state index contributed by atoms with van der Waals surface area (Å²) >= 11 is 13.1. The van der Waals surface area contributed by atoms with E-state index in [1.807, 2.05) is 0 Å². The van der Waals surface area contributed by atoms with E-state index in [0.717, 1.165) is 16.7 Å². The number of imide groups is 1. The van der Waals surface area contributed by atoms with Crippen molar-refractivity contribution in [3.05, 3.63) is 92.7 Å². The van der Waals surface area contributed by atoms with E-state index in [-0.39, 0.29) is 17.2 Å². The van der Waals surface area contributed by atoms with Crippen LogP contribution in [0.5, 0.6) is 5.75 Å². The van der Waals surface area contributed by atoms with Crippen molar-refractivity contribution in [2.24, 2.45) is 0 Å². The zero-order valence-electron chi connectivity index (χ0n) is 15.7. The first-order chi connectivity index (χ1) is 14.9. The molecule has 1 aliphatic rings. The molecule has 1 saturated heterocycles. The van der Waals surface area contributed by atoms with Gasteiger partial charge in [0.1, 0.15) is 5.75 Å². The summed E-state index contributed by atoms with van der Waals surface area (Å²) in [7, 11) is 0. The van der Waals surface area contributed by atoms with Gasteiger partial charge in [0, 0.05) is 15.6 Å². The van der Waals surface area contributed by atoms with Crippen LogP contribution in [0.15, 0.2) is 70.2 Å². The number of thioether (sulfide) groups is 1. The summed E-state index contributed by atoms with van der Waals surface area (Å²) in [5.41, 5.74) is 1.18. The van der Waals surface area contributed by atoms with Crippen LogP contribution in [0.25, 0.3) is 6.08 Å². The molecule has 1 fully saturated rings. The van der Waals surface area contributed by atoms with Crippen LogP contribution in [0.4, 0.5) is 4.79 Å². The number of benzene rings is 2. The van der Waals surface area contributed by atoms with E-state index in [1.165, 1.54) is 12.3 Å². The van der Waals surface area contributed by atoms with Crippen molar-refractivity contribution in [2.75, 3.05) is 0 Å². The summed E-state index contributed by atoms with van der Waals surface area (Å²) < 4.78 is 10.2. The van der Waals surface area contributed by atoms with E-state index in [4.69, 9.17) is 32.4 Å². The van der Waals surface area contributed by atoms with E-state index in [2.05, 4.69) is 0 Å². The zero-order valence-corrected chi connectivity index (χ0v) is 18.0. The highest BCUT2D eigenvalue weighted by molar-refractivity contribution is 8.18. The third-order valence-corrected chi connectivity index (χ3v) is 5.98. The minimum Gasteiger partial charge on any atom is -0.457 e. The lowest BCUT2D eigenvalue weighted by Gasteiger charge is -2.14. The third-order valence-electron chi connectivity index (χ3n) is 4.36. The molecule has 0 atom stereocenters. The molecule has 1 aliphatic heterocycles. The van der Waals surface area contributed by atoms with E-state index < -0.39 is 17.1 Å². The molecule has 9 heteroatoms. The van der Waals surface area contributed by atoms with Crippen molar-refractivity contribution >= 4 is 58.2 Å². The Morgan fingerprint density at radius 1 is 1.03 bits per heavy atom. The Kier molecular flexibility index (Phi) is 6.18. The van der Waals surface area contributed by atoms with E-state index in [0.29, 0.717) is 26.9 Å². The van der Waals surface area contributed by atoms with Gasteiger partial charge in [-0.25, -0.2) is 4.79 Å². The first-order valence-electron chi connectivity index (χ1n) is 8.96. The van der Waals surface area contributed by atoms with Crippen molar-refractivity contribution in [1.82, 2.24) is 4.90 Å². The number of nitrogens with zero attached hydrogens (tertiary/aromatic N) is 1. The summed E-state index contributed by atoms with van der Waals surface area (Å²) in [5, 5.41) is 0.363. The second-order valence-electron chi connectivity index (χ2n) is 6.40. The molecule has 2 heterocycles. The number of carbonyl (C=O) groups is 3. The Morgan fingerprint density at radius 2 is 1.74 bits per heavy atom. The van der Waals surface area contributed by atoms with Crippen LogP contribution in [0.1, 0.15) is 21.7 Å². The second kappa shape index (κ2) is 9.01. The maximum absolute atomic E-state index is 12.7. The summed E-state index contributed by atoms with van der Waals surface area (Å²) in [6.45, 7) is -0.0117. The van der Waals surface area contributed by atoms with Crippen LogP contribution in [-0.4, -0.2) is 22.0 Å². The number of halogens is 2. The van der Waals surface area contributed by atoms with Gasteiger partial charge in [-0.2, -0.15) is 0 Å². The second-order valence-corrected chi connectivity index (χ2v) is 8.21. The molecule has 6 nitrogen and oxygen atoms in total. The molecule has 0 bridgehead atoms. The number of furan rings is 1. The van der Waals surface area contributed by atoms with Gasteiger partial charge in [0.25, 0.3) is 11.1 Å². The quantitative estimate of drug-likeness (QED) is 0.255. The molecular formula is C22H13Cl2NO5S. The van der Waals surface area contributed by atoms with Crippen molar-refractivity contribution in [1.29, 1.82) is 0 Å². The lowest BCUT2D eigenvalue weighted by Crippen LogP contribution is -2.27. The molecular weight excluding hydrogens is 461 g/mol. The van der Waals surface area contributed by atoms with Crippen LogP contribution < -0.4 is 4.74 Å². The Balaban J connectivity index is 1.47. The lowest BCUT2D eigenvalue weighted by molar-refractivity contribution is -0.123. The highest BCUT2D eigenvalue weighted by Gasteiger charge is 2.35. The number of carbonyl (C=O) groups excluding carboxylic acids is 3. The first kappa shape index (κ1) is 21.2. The average molecular weight is 474 g/mol. The fourth-order valence-electron chi connectivity index (χ4n) is 2.81. The van der Waals surface area contributed by atoms with Crippen LogP contribution >= 0.6 is 35.0 Å². The van der Waals surface area contributed by atoms with Crippen molar-refractivity contribution < 1.29 is 23.5 Å². The molecule has 0 saturated carbocycles. The fraction of sp³-hybridized carbons (Fsp3) is 0.0455. The number of hydrogen-bond acceptors (Lipinski definition) is 6. The van der Waals surface area contributed by atoms with Crippen molar-refractivity contribution in [3.8, 4) is 5.75 Å². The molecule has 0 unspecified atom stereocenters. The number of amides is 2. The summed E-state index contributed by atoms with van der Waals surface area (Å²) in [4.78, 5) is 38.4. The maximum Gasteiger partial charge on any atom is 0.379 e. The Hall–Kier alpha value is -3.00. The molecule has 0 N–H and O–H groups in total. The summed E-state index contributed by atoms with van der Waals surface area (Å²) in [6.07, 6.45) is 2.98. The first-order valence-corrected chi connectivity index (χ1v) is 10.5. The Morgan fingerprint density at radius 3 is 2.39 bits per heavy atom. The summed E-state index contributed by atoms with van der Waals surface area (Å²) in [5.74, 6) is -0.632. The number of rotatable bonds is 5. The molecule has 2 amide bonds. The standard InChI is InChI=1S/C22H13Cl2NO5S/c23-16-3-1-4-17(24)15(16)12-25-20(26)19(31-22(25)28)11-13-6-8-14(9-7-13)30-21(27)18-5-2-10-29-18/h1-11H,12H2/b19-11-. The van der Waals surface area contributed by atoms with Gasteiger partial charge < -0.3 is 9.15 Å². The van der Waals surface area contributed by atoms with E-state index >= 15 is 0 Å². The van der Waals surface area contributed by atoms with Crippen LogP contribution in [-0.2, 0) is 11.3 Å². The fourth-order valence-corrected chi connectivity index (χ4v) is 4.17. The normalized spacial score (nSPS) is 15.0. The average Bonchev–Trinajstić information content (AvgIpc) is 3.37. The van der Waals surface area contributed by atoms with Gasteiger partial charge in [0.05, 0.1) is 17.7 Å². The summed E-state index contributed by atoms with van der Waals surface area (Å²) in [6, 6.07) is 14.6. The van der Waals surface area contributed by atoms with Gasteiger partial charge in [-0.1, -0.05) is 41.4 Å². The third kappa shape index (κ3) is 4.69. The lowest BCUT2D eigenvalue weighted by atomic mass is 10.2. The van der Waals surface area contributed by atoms with Crippen LogP contribution in [0.2, 0.25) is 10.0 Å². The highest BCUT2D eigenvalue weighted by Crippen LogP contribution is 2.35. The SMILES string of the molecule is O=C(Oc1ccc(/C=C2\SC(=O)N(Cc3c(Cl)cccc3Cl)C2=O)cc1)c1ccco1.